The van der Waals surface area contributed by atoms with Crippen molar-refractivity contribution in [3.05, 3.63) is 41.7 Å². The summed E-state index contributed by atoms with van der Waals surface area (Å²) >= 11 is 0. The van der Waals surface area contributed by atoms with Crippen LogP contribution in [0, 0.1) is 13.8 Å². The summed E-state index contributed by atoms with van der Waals surface area (Å²) in [6.07, 6.45) is 1.96. The van der Waals surface area contributed by atoms with Gasteiger partial charge in [-0.3, -0.25) is 9.48 Å². The van der Waals surface area contributed by atoms with E-state index in [0.717, 1.165) is 11.3 Å². The van der Waals surface area contributed by atoms with E-state index in [1.807, 2.05) is 13.0 Å². The van der Waals surface area contributed by atoms with E-state index in [-0.39, 0.29) is 23.8 Å². The summed E-state index contributed by atoms with van der Waals surface area (Å²) in [6, 6.07) is 6.48. The first-order valence-corrected chi connectivity index (χ1v) is 6.79. The van der Waals surface area contributed by atoms with E-state index in [9.17, 15) is 13.6 Å². The number of carbonyl (C=O) groups is 1. The van der Waals surface area contributed by atoms with Gasteiger partial charge in [-0.2, -0.15) is 13.9 Å². The van der Waals surface area contributed by atoms with Crippen LogP contribution in [0.3, 0.4) is 0 Å². The molecular formula is C15H17F2N3O2. The van der Waals surface area contributed by atoms with Gasteiger partial charge in [-0.15, -0.1) is 0 Å². The molecule has 0 saturated carbocycles. The second-order valence-corrected chi connectivity index (χ2v) is 4.90. The SMILES string of the molecule is Cc1ccc(OC(F)F)c(NC(=O)CCn2ccc(C)n2)c1. The lowest BCUT2D eigenvalue weighted by atomic mass is 10.2. The van der Waals surface area contributed by atoms with Crippen molar-refractivity contribution in [2.75, 3.05) is 5.32 Å². The van der Waals surface area contributed by atoms with Crippen molar-refractivity contribution >= 4 is 11.6 Å². The van der Waals surface area contributed by atoms with Crippen LogP contribution in [0.5, 0.6) is 5.75 Å². The topological polar surface area (TPSA) is 56.1 Å². The van der Waals surface area contributed by atoms with Gasteiger partial charge in [-0.05, 0) is 37.6 Å². The number of alkyl halides is 2. The Morgan fingerprint density at radius 1 is 1.36 bits per heavy atom. The van der Waals surface area contributed by atoms with Gasteiger partial charge < -0.3 is 10.1 Å². The minimum absolute atomic E-state index is 0.0520. The normalized spacial score (nSPS) is 10.8. The molecule has 0 aliphatic carbocycles. The van der Waals surface area contributed by atoms with Gasteiger partial charge in [-0.25, -0.2) is 0 Å². The number of hydrogen-bond donors (Lipinski definition) is 1. The quantitative estimate of drug-likeness (QED) is 0.892. The maximum atomic E-state index is 12.4. The fourth-order valence-corrected chi connectivity index (χ4v) is 1.96. The van der Waals surface area contributed by atoms with Crippen molar-refractivity contribution in [1.82, 2.24) is 9.78 Å². The van der Waals surface area contributed by atoms with Gasteiger partial charge in [0.1, 0.15) is 5.75 Å². The lowest BCUT2D eigenvalue weighted by Gasteiger charge is -2.12. The number of amides is 1. The average molecular weight is 309 g/mol. The summed E-state index contributed by atoms with van der Waals surface area (Å²) in [6.45, 7) is 1.13. The minimum atomic E-state index is -2.94. The molecule has 2 rings (SSSR count). The van der Waals surface area contributed by atoms with Gasteiger partial charge in [-0.1, -0.05) is 6.07 Å². The van der Waals surface area contributed by atoms with Crippen LogP contribution in [0.4, 0.5) is 14.5 Å². The van der Waals surface area contributed by atoms with Crippen molar-refractivity contribution < 1.29 is 18.3 Å². The summed E-state index contributed by atoms with van der Waals surface area (Å²) in [5, 5.41) is 6.77. The van der Waals surface area contributed by atoms with E-state index in [1.54, 1.807) is 29.9 Å². The molecular weight excluding hydrogens is 292 g/mol. The van der Waals surface area contributed by atoms with Crippen molar-refractivity contribution in [1.29, 1.82) is 0 Å². The van der Waals surface area contributed by atoms with Crippen LogP contribution >= 0.6 is 0 Å². The van der Waals surface area contributed by atoms with Crippen LogP contribution in [0.2, 0.25) is 0 Å². The molecule has 0 aliphatic heterocycles. The Balaban J connectivity index is 1.99. The first-order valence-electron chi connectivity index (χ1n) is 6.79. The molecule has 0 saturated heterocycles. The Morgan fingerprint density at radius 3 is 2.77 bits per heavy atom. The molecule has 7 heteroatoms. The maximum Gasteiger partial charge on any atom is 0.387 e. The number of anilines is 1. The zero-order chi connectivity index (χ0) is 16.1. The highest BCUT2D eigenvalue weighted by Crippen LogP contribution is 2.27. The van der Waals surface area contributed by atoms with Crippen molar-refractivity contribution in [2.45, 2.75) is 33.4 Å². The number of rotatable bonds is 6. The molecule has 118 valence electrons. The van der Waals surface area contributed by atoms with E-state index in [4.69, 9.17) is 0 Å². The van der Waals surface area contributed by atoms with E-state index in [0.29, 0.717) is 6.54 Å². The fourth-order valence-electron chi connectivity index (χ4n) is 1.96. The van der Waals surface area contributed by atoms with Gasteiger partial charge in [0.05, 0.1) is 11.4 Å². The van der Waals surface area contributed by atoms with Crippen LogP contribution < -0.4 is 10.1 Å². The predicted octanol–water partition coefficient (Wildman–Crippen LogP) is 3.13. The Kier molecular flexibility index (Phi) is 5.08. The summed E-state index contributed by atoms with van der Waals surface area (Å²) in [4.78, 5) is 11.9. The van der Waals surface area contributed by atoms with Crippen molar-refractivity contribution in [2.24, 2.45) is 0 Å². The van der Waals surface area contributed by atoms with Crippen molar-refractivity contribution in [3.8, 4) is 5.75 Å². The second-order valence-electron chi connectivity index (χ2n) is 4.90. The highest BCUT2D eigenvalue weighted by molar-refractivity contribution is 5.92. The number of nitrogens with one attached hydrogen (secondary N) is 1. The number of aromatic nitrogens is 2. The number of carbonyl (C=O) groups excluding carboxylic acids is 1. The number of benzene rings is 1. The van der Waals surface area contributed by atoms with Gasteiger partial charge in [0, 0.05) is 19.2 Å². The van der Waals surface area contributed by atoms with E-state index >= 15 is 0 Å². The lowest BCUT2D eigenvalue weighted by Crippen LogP contribution is -2.16. The molecule has 0 fully saturated rings. The van der Waals surface area contributed by atoms with Gasteiger partial charge >= 0.3 is 6.61 Å². The molecule has 0 radical (unpaired) electrons. The summed E-state index contributed by atoms with van der Waals surface area (Å²) in [7, 11) is 0. The highest BCUT2D eigenvalue weighted by atomic mass is 19.3. The second kappa shape index (κ2) is 7.02. The molecule has 1 heterocycles. The molecule has 0 aliphatic rings. The third-order valence-corrected chi connectivity index (χ3v) is 2.97. The molecule has 1 N–H and O–H groups in total. The van der Waals surface area contributed by atoms with Crippen LogP contribution in [0.25, 0.3) is 0 Å². The molecule has 0 atom stereocenters. The third kappa shape index (κ3) is 4.54. The van der Waals surface area contributed by atoms with E-state index < -0.39 is 6.61 Å². The van der Waals surface area contributed by atoms with Crippen LogP contribution in [0.15, 0.2) is 30.5 Å². The molecule has 5 nitrogen and oxygen atoms in total. The zero-order valence-electron chi connectivity index (χ0n) is 12.3. The maximum absolute atomic E-state index is 12.4. The summed E-state index contributed by atoms with van der Waals surface area (Å²) < 4.78 is 30.8. The van der Waals surface area contributed by atoms with Crippen molar-refractivity contribution in [3.63, 3.8) is 0 Å². The molecule has 0 unspecified atom stereocenters. The monoisotopic (exact) mass is 309 g/mol. The Labute approximate surface area is 126 Å². The lowest BCUT2D eigenvalue weighted by molar-refractivity contribution is -0.116. The predicted molar refractivity (Wildman–Crippen MR) is 78.0 cm³/mol. The first kappa shape index (κ1) is 15.9. The molecule has 2 aromatic rings. The van der Waals surface area contributed by atoms with Crippen LogP contribution in [-0.2, 0) is 11.3 Å². The average Bonchev–Trinajstić information content (AvgIpc) is 2.85. The van der Waals surface area contributed by atoms with Gasteiger partial charge in [0.25, 0.3) is 0 Å². The van der Waals surface area contributed by atoms with E-state index in [2.05, 4.69) is 15.2 Å². The highest BCUT2D eigenvalue weighted by Gasteiger charge is 2.12. The fraction of sp³-hybridized carbons (Fsp3) is 0.333. The van der Waals surface area contributed by atoms with E-state index in [1.165, 1.54) is 6.07 Å². The van der Waals surface area contributed by atoms with Crippen LogP contribution in [0.1, 0.15) is 17.7 Å². The van der Waals surface area contributed by atoms with Gasteiger partial charge in [0.2, 0.25) is 5.91 Å². The minimum Gasteiger partial charge on any atom is -0.433 e. The third-order valence-electron chi connectivity index (χ3n) is 2.97. The molecule has 0 spiro atoms. The van der Waals surface area contributed by atoms with Gasteiger partial charge in [0.15, 0.2) is 0 Å². The van der Waals surface area contributed by atoms with Crippen LogP contribution in [-0.4, -0.2) is 22.3 Å². The summed E-state index contributed by atoms with van der Waals surface area (Å²) in [5.41, 5.74) is 1.94. The largest absolute Gasteiger partial charge is 0.433 e. The summed E-state index contributed by atoms with van der Waals surface area (Å²) in [5.74, 6) is -0.346. The molecule has 1 amide bonds. The first-order chi connectivity index (χ1) is 10.4. The molecule has 1 aromatic heterocycles. The smallest absolute Gasteiger partial charge is 0.387 e. The number of ether oxygens (including phenoxy) is 1. The zero-order valence-corrected chi connectivity index (χ0v) is 12.3. The Bertz CT molecular complexity index is 656. The Morgan fingerprint density at radius 2 is 2.14 bits per heavy atom. The standard InChI is InChI=1S/C15H17F2N3O2/c1-10-3-4-13(22-15(16)17)12(9-10)18-14(21)6-8-20-7-5-11(2)19-20/h3-5,7,9,15H,6,8H2,1-2H3,(H,18,21). The number of nitrogens with zero attached hydrogens (tertiary/aromatic N) is 2. The molecule has 0 bridgehead atoms. The number of hydrogen-bond acceptors (Lipinski definition) is 3. The Hall–Kier alpha value is -2.44. The number of halogens is 2. The molecule has 1 aromatic carbocycles. The molecule has 22 heavy (non-hydrogen) atoms. The number of aryl methyl sites for hydroxylation is 3.